The van der Waals surface area contributed by atoms with Crippen LogP contribution in [0.3, 0.4) is 0 Å². The largest absolute Gasteiger partial charge is 0.354 e. The molecular weight excluding hydrogens is 595 g/mol. The summed E-state index contributed by atoms with van der Waals surface area (Å²) >= 11 is 12.5. The Bertz CT molecular complexity index is 1480. The second-order valence-corrected chi connectivity index (χ2v) is 12.2. The molecule has 0 saturated carbocycles. The van der Waals surface area contributed by atoms with Gasteiger partial charge in [0.1, 0.15) is 12.6 Å². The smallest absolute Gasteiger partial charge is 0.244 e. The van der Waals surface area contributed by atoms with Gasteiger partial charge in [-0.05, 0) is 41.8 Å². The number of sulfonamides is 1. The Hall–Kier alpha value is -3.21. The van der Waals surface area contributed by atoms with Gasteiger partial charge in [-0.3, -0.25) is 13.9 Å². The average molecular weight is 627 g/mol. The molecule has 3 aromatic rings. The molecule has 0 aliphatic carbocycles. The third kappa shape index (κ3) is 9.14. The summed E-state index contributed by atoms with van der Waals surface area (Å²) in [5.41, 5.74) is 1.00. The van der Waals surface area contributed by atoms with E-state index in [2.05, 4.69) is 5.32 Å². The lowest BCUT2D eigenvalue weighted by atomic mass is 10.0. The van der Waals surface area contributed by atoms with E-state index in [0.29, 0.717) is 27.5 Å². The van der Waals surface area contributed by atoms with E-state index in [9.17, 15) is 26.8 Å². The fourth-order valence-corrected chi connectivity index (χ4v) is 5.46. The van der Waals surface area contributed by atoms with E-state index in [-0.39, 0.29) is 23.7 Å². The Morgan fingerprint density at radius 3 is 2.29 bits per heavy atom. The first kappa shape index (κ1) is 32.3. The van der Waals surface area contributed by atoms with E-state index in [1.807, 2.05) is 25.1 Å². The maximum Gasteiger partial charge on any atom is 0.244 e. The Morgan fingerprint density at radius 2 is 1.68 bits per heavy atom. The van der Waals surface area contributed by atoms with Gasteiger partial charge in [0.2, 0.25) is 21.8 Å². The number of rotatable bonds is 13. The van der Waals surface area contributed by atoms with Gasteiger partial charge in [-0.1, -0.05) is 72.9 Å². The third-order valence-corrected chi connectivity index (χ3v) is 8.05. The monoisotopic (exact) mass is 625 g/mol. The second kappa shape index (κ2) is 14.6. The number of hydrogen-bond acceptors (Lipinski definition) is 4. The summed E-state index contributed by atoms with van der Waals surface area (Å²) in [5.74, 6) is -3.62. The van der Waals surface area contributed by atoms with Crippen molar-refractivity contribution in [3.05, 3.63) is 99.5 Å². The minimum absolute atomic E-state index is 0.125. The molecule has 12 heteroatoms. The zero-order valence-electron chi connectivity index (χ0n) is 22.6. The highest BCUT2D eigenvalue weighted by Gasteiger charge is 2.33. The van der Waals surface area contributed by atoms with Gasteiger partial charge in [0.15, 0.2) is 11.6 Å². The van der Waals surface area contributed by atoms with E-state index in [1.54, 1.807) is 24.3 Å². The first-order chi connectivity index (χ1) is 19.4. The highest BCUT2D eigenvalue weighted by molar-refractivity contribution is 7.92. The summed E-state index contributed by atoms with van der Waals surface area (Å²) < 4.78 is 53.8. The summed E-state index contributed by atoms with van der Waals surface area (Å²) in [7, 11) is -4.13. The van der Waals surface area contributed by atoms with Crippen molar-refractivity contribution >= 4 is 50.7 Å². The van der Waals surface area contributed by atoms with Crippen LogP contribution in [0.15, 0.2) is 66.7 Å². The number of amides is 2. The van der Waals surface area contributed by atoms with Crippen LogP contribution < -0.4 is 9.62 Å². The molecule has 0 fully saturated rings. The summed E-state index contributed by atoms with van der Waals surface area (Å²) in [5, 5.41) is 3.49. The molecule has 0 unspecified atom stereocenters. The Labute approximate surface area is 249 Å². The number of carbonyl (C=O) groups excluding carboxylic acids is 2. The Kier molecular flexibility index (Phi) is 11.5. The number of halogens is 4. The van der Waals surface area contributed by atoms with Gasteiger partial charge in [0, 0.05) is 35.6 Å². The van der Waals surface area contributed by atoms with Crippen molar-refractivity contribution in [2.45, 2.75) is 38.8 Å². The van der Waals surface area contributed by atoms with Crippen molar-refractivity contribution in [3.8, 4) is 0 Å². The van der Waals surface area contributed by atoms with Crippen LogP contribution in [0.4, 0.5) is 14.5 Å². The van der Waals surface area contributed by atoms with Crippen molar-refractivity contribution < 1.29 is 26.8 Å². The van der Waals surface area contributed by atoms with E-state index < -0.39 is 46.1 Å². The number of benzene rings is 3. The minimum atomic E-state index is -4.13. The molecule has 7 nitrogen and oxygen atoms in total. The van der Waals surface area contributed by atoms with Gasteiger partial charge in [-0.2, -0.15) is 0 Å². The lowest BCUT2D eigenvalue weighted by Crippen LogP contribution is -2.53. The van der Waals surface area contributed by atoms with Gasteiger partial charge < -0.3 is 10.2 Å². The van der Waals surface area contributed by atoms with Crippen molar-refractivity contribution in [3.63, 3.8) is 0 Å². The fraction of sp³-hybridized carbons (Fsp3) is 0.310. The fourth-order valence-electron chi connectivity index (χ4n) is 4.15. The van der Waals surface area contributed by atoms with Gasteiger partial charge in [0.05, 0.1) is 11.9 Å². The lowest BCUT2D eigenvalue weighted by Gasteiger charge is -2.33. The molecule has 0 aliphatic rings. The van der Waals surface area contributed by atoms with Crippen LogP contribution >= 0.6 is 23.2 Å². The molecule has 0 bridgehead atoms. The number of hydrogen-bond donors (Lipinski definition) is 1. The third-order valence-electron chi connectivity index (χ3n) is 6.33. The van der Waals surface area contributed by atoms with E-state index in [4.69, 9.17) is 23.2 Å². The van der Waals surface area contributed by atoms with Gasteiger partial charge in [-0.15, -0.1) is 0 Å². The topological polar surface area (TPSA) is 86.8 Å². The minimum Gasteiger partial charge on any atom is -0.354 e. The molecule has 1 atom stereocenters. The molecular formula is C29H31Cl2F2N3O4S. The maximum atomic E-state index is 14.0. The van der Waals surface area contributed by atoms with Crippen LogP contribution in [0, 0.1) is 11.6 Å². The standard InChI is InChI=1S/C29H31Cl2F2N3O4S/c1-3-4-14-34-29(38)27(15-20-8-6-5-7-9-20)35(18-21-10-11-22(30)16-24(21)31)28(37)19-36(41(2,39)40)23-12-13-25(32)26(33)17-23/h5-13,16-17,27H,3-4,14-15,18-19H2,1-2H3,(H,34,38)/t27-/m0/s1. The van der Waals surface area contributed by atoms with E-state index in [0.717, 1.165) is 36.8 Å². The molecule has 41 heavy (non-hydrogen) atoms. The normalized spacial score (nSPS) is 12.0. The number of unbranched alkanes of at least 4 members (excludes halogenated alkanes) is 1. The number of nitrogens with zero attached hydrogens (tertiary/aromatic N) is 2. The number of anilines is 1. The van der Waals surface area contributed by atoms with Gasteiger partial charge in [0.25, 0.3) is 0 Å². The highest BCUT2D eigenvalue weighted by atomic mass is 35.5. The Balaban J connectivity index is 2.07. The van der Waals surface area contributed by atoms with Gasteiger partial charge >= 0.3 is 0 Å². The molecule has 2 amide bonds. The molecule has 0 saturated heterocycles. The highest BCUT2D eigenvalue weighted by Crippen LogP contribution is 2.26. The maximum absolute atomic E-state index is 14.0. The van der Waals surface area contributed by atoms with Crippen LogP contribution in [-0.4, -0.2) is 50.5 Å². The molecule has 0 spiro atoms. The SMILES string of the molecule is CCCCNC(=O)[C@H](Cc1ccccc1)N(Cc1ccc(Cl)cc1Cl)C(=O)CN(c1ccc(F)c(F)c1)S(C)(=O)=O. The zero-order chi connectivity index (χ0) is 30.2. The van der Waals surface area contributed by atoms with Crippen LogP contribution in [0.25, 0.3) is 0 Å². The van der Waals surface area contributed by atoms with Crippen LogP contribution in [0.1, 0.15) is 30.9 Å². The number of nitrogens with one attached hydrogen (secondary N) is 1. The molecule has 0 aromatic heterocycles. The van der Waals surface area contributed by atoms with Crippen molar-refractivity contribution in [2.24, 2.45) is 0 Å². The van der Waals surface area contributed by atoms with Crippen molar-refractivity contribution in [1.82, 2.24) is 10.2 Å². The van der Waals surface area contributed by atoms with Gasteiger partial charge in [-0.25, -0.2) is 17.2 Å². The predicted octanol–water partition coefficient (Wildman–Crippen LogP) is 5.59. The quantitative estimate of drug-likeness (QED) is 0.251. The van der Waals surface area contributed by atoms with E-state index >= 15 is 0 Å². The molecule has 3 aromatic carbocycles. The lowest BCUT2D eigenvalue weighted by molar-refractivity contribution is -0.140. The first-order valence-electron chi connectivity index (χ1n) is 12.9. The summed E-state index contributed by atoms with van der Waals surface area (Å²) in [6.07, 6.45) is 2.53. The summed E-state index contributed by atoms with van der Waals surface area (Å²) in [6, 6.07) is 15.2. The Morgan fingerprint density at radius 1 is 0.976 bits per heavy atom. The summed E-state index contributed by atoms with van der Waals surface area (Å²) in [6.45, 7) is 1.43. The second-order valence-electron chi connectivity index (χ2n) is 9.48. The predicted molar refractivity (Wildman–Crippen MR) is 157 cm³/mol. The number of carbonyl (C=O) groups is 2. The van der Waals surface area contributed by atoms with Crippen LogP contribution in [0.2, 0.25) is 10.0 Å². The van der Waals surface area contributed by atoms with Crippen LogP contribution in [-0.2, 0) is 32.6 Å². The van der Waals surface area contributed by atoms with Crippen LogP contribution in [0.5, 0.6) is 0 Å². The average Bonchev–Trinajstić information content (AvgIpc) is 2.92. The molecule has 0 radical (unpaired) electrons. The molecule has 220 valence electrons. The molecule has 0 heterocycles. The zero-order valence-corrected chi connectivity index (χ0v) is 24.9. The van der Waals surface area contributed by atoms with Crippen molar-refractivity contribution in [1.29, 1.82) is 0 Å². The molecule has 3 rings (SSSR count). The summed E-state index contributed by atoms with van der Waals surface area (Å²) in [4.78, 5) is 28.8. The van der Waals surface area contributed by atoms with E-state index in [1.165, 1.54) is 11.0 Å². The first-order valence-corrected chi connectivity index (χ1v) is 15.5. The van der Waals surface area contributed by atoms with Crippen molar-refractivity contribution in [2.75, 3.05) is 23.7 Å². The molecule has 0 aliphatic heterocycles. The molecule has 1 N–H and O–H groups in total.